The maximum Gasteiger partial charge on any atom is 0.0446 e. The minimum atomic E-state index is 0.451. The highest BCUT2D eigenvalue weighted by atomic mass is 35.5. The quantitative estimate of drug-likeness (QED) is 0.643. The van der Waals surface area contributed by atoms with Crippen LogP contribution < -0.4 is 0 Å². The van der Waals surface area contributed by atoms with Gasteiger partial charge in [-0.25, -0.2) is 0 Å². The Morgan fingerprint density at radius 2 is 2.08 bits per heavy atom. The van der Waals surface area contributed by atoms with Gasteiger partial charge in [-0.15, -0.1) is 0 Å². The first-order valence-electron chi connectivity index (χ1n) is 4.07. The molecule has 0 aliphatic carbocycles. The van der Waals surface area contributed by atoms with Crippen molar-refractivity contribution >= 4 is 17.7 Å². The summed E-state index contributed by atoms with van der Waals surface area (Å²) in [6, 6.07) is 5.91. The summed E-state index contributed by atoms with van der Waals surface area (Å²) in [4.78, 5) is 0. The molecule has 0 aliphatic rings. The molecule has 0 bridgehead atoms. The van der Waals surface area contributed by atoms with Crippen molar-refractivity contribution in [3.63, 3.8) is 0 Å². The van der Waals surface area contributed by atoms with Crippen molar-refractivity contribution in [3.8, 4) is 0 Å². The van der Waals surface area contributed by atoms with E-state index in [9.17, 15) is 0 Å². The van der Waals surface area contributed by atoms with Gasteiger partial charge in [-0.2, -0.15) is 0 Å². The van der Waals surface area contributed by atoms with Crippen molar-refractivity contribution in [1.82, 2.24) is 0 Å². The zero-order chi connectivity index (χ0) is 9.14. The van der Waals surface area contributed by atoms with Gasteiger partial charge in [0, 0.05) is 5.02 Å². The van der Waals surface area contributed by atoms with Crippen molar-refractivity contribution in [2.45, 2.75) is 19.8 Å². The molecule has 1 aromatic carbocycles. The van der Waals surface area contributed by atoms with Crippen LogP contribution in [0.5, 0.6) is 0 Å². The van der Waals surface area contributed by atoms with Crippen LogP contribution in [-0.2, 0) is 0 Å². The van der Waals surface area contributed by atoms with Crippen LogP contribution in [0.15, 0.2) is 24.8 Å². The van der Waals surface area contributed by atoms with Crippen LogP contribution >= 0.6 is 11.6 Å². The third-order valence-electron chi connectivity index (χ3n) is 1.88. The Hall–Kier alpha value is -0.750. The molecule has 0 spiro atoms. The maximum atomic E-state index is 6.06. The maximum absolute atomic E-state index is 6.06. The molecule has 0 unspecified atom stereocenters. The summed E-state index contributed by atoms with van der Waals surface area (Å²) in [6.07, 6.45) is 1.85. The van der Waals surface area contributed by atoms with Crippen molar-refractivity contribution < 1.29 is 0 Å². The average molecular weight is 181 g/mol. The molecule has 0 aliphatic heterocycles. The third-order valence-corrected chi connectivity index (χ3v) is 2.21. The SMILES string of the molecule is C=Cc1cccc(Cl)c1C(C)C. The molecule has 0 heterocycles. The molecule has 1 heteroatoms. The Bertz CT molecular complexity index is 287. The van der Waals surface area contributed by atoms with E-state index in [1.54, 1.807) is 0 Å². The third kappa shape index (κ3) is 1.70. The lowest BCUT2D eigenvalue weighted by Gasteiger charge is -2.11. The average Bonchev–Trinajstić information content (AvgIpc) is 2.03. The van der Waals surface area contributed by atoms with E-state index in [4.69, 9.17) is 11.6 Å². The lowest BCUT2D eigenvalue weighted by atomic mass is 9.97. The van der Waals surface area contributed by atoms with E-state index >= 15 is 0 Å². The Morgan fingerprint density at radius 3 is 2.50 bits per heavy atom. The van der Waals surface area contributed by atoms with E-state index < -0.39 is 0 Å². The smallest absolute Gasteiger partial charge is 0.0446 e. The molecular formula is C11H13Cl. The number of hydrogen-bond donors (Lipinski definition) is 0. The lowest BCUT2D eigenvalue weighted by molar-refractivity contribution is 0.864. The summed E-state index contributed by atoms with van der Waals surface area (Å²) >= 11 is 6.06. The Kier molecular flexibility index (Phi) is 2.93. The van der Waals surface area contributed by atoms with Gasteiger partial charge in [0.25, 0.3) is 0 Å². The molecule has 0 fully saturated rings. The van der Waals surface area contributed by atoms with E-state index in [1.807, 2.05) is 24.3 Å². The molecule has 1 aromatic rings. The molecule has 0 aromatic heterocycles. The zero-order valence-corrected chi connectivity index (χ0v) is 8.23. The monoisotopic (exact) mass is 180 g/mol. The molecule has 0 amide bonds. The second kappa shape index (κ2) is 3.77. The number of benzene rings is 1. The van der Waals surface area contributed by atoms with Gasteiger partial charge in [0.2, 0.25) is 0 Å². The molecule has 64 valence electrons. The fourth-order valence-corrected chi connectivity index (χ4v) is 1.74. The molecule has 1 rings (SSSR count). The zero-order valence-electron chi connectivity index (χ0n) is 7.47. The predicted molar refractivity (Wildman–Crippen MR) is 55.6 cm³/mol. The van der Waals surface area contributed by atoms with E-state index in [0.29, 0.717) is 5.92 Å². The first-order chi connectivity index (χ1) is 5.66. The molecule has 0 saturated heterocycles. The van der Waals surface area contributed by atoms with Gasteiger partial charge in [-0.05, 0) is 23.1 Å². The first-order valence-corrected chi connectivity index (χ1v) is 4.45. The number of rotatable bonds is 2. The summed E-state index contributed by atoms with van der Waals surface area (Å²) in [7, 11) is 0. The van der Waals surface area contributed by atoms with Gasteiger partial charge in [0.1, 0.15) is 0 Å². The van der Waals surface area contributed by atoms with Crippen LogP contribution in [0.3, 0.4) is 0 Å². The summed E-state index contributed by atoms with van der Waals surface area (Å²) in [5, 5.41) is 0.836. The molecule has 0 nitrogen and oxygen atoms in total. The highest BCUT2D eigenvalue weighted by Gasteiger charge is 2.07. The van der Waals surface area contributed by atoms with E-state index in [2.05, 4.69) is 20.4 Å². The molecule has 0 atom stereocenters. The normalized spacial score (nSPS) is 10.3. The molecule has 0 radical (unpaired) electrons. The van der Waals surface area contributed by atoms with Crippen molar-refractivity contribution in [1.29, 1.82) is 0 Å². The van der Waals surface area contributed by atoms with E-state index in [1.165, 1.54) is 5.56 Å². The second-order valence-electron chi connectivity index (χ2n) is 3.10. The second-order valence-corrected chi connectivity index (χ2v) is 3.51. The number of halogens is 1. The summed E-state index contributed by atoms with van der Waals surface area (Å²) in [5.41, 5.74) is 2.33. The van der Waals surface area contributed by atoms with Crippen LogP contribution in [0.25, 0.3) is 6.08 Å². The molecular weight excluding hydrogens is 168 g/mol. The van der Waals surface area contributed by atoms with Crippen molar-refractivity contribution in [2.75, 3.05) is 0 Å². The fourth-order valence-electron chi connectivity index (χ4n) is 1.34. The van der Waals surface area contributed by atoms with Crippen molar-refractivity contribution in [2.24, 2.45) is 0 Å². The minimum Gasteiger partial charge on any atom is -0.0985 e. The van der Waals surface area contributed by atoms with Crippen molar-refractivity contribution in [3.05, 3.63) is 40.9 Å². The first kappa shape index (κ1) is 9.34. The number of hydrogen-bond acceptors (Lipinski definition) is 0. The van der Waals surface area contributed by atoms with Gasteiger partial charge in [0.05, 0.1) is 0 Å². The molecule has 12 heavy (non-hydrogen) atoms. The van der Waals surface area contributed by atoms with Crippen LogP contribution in [0, 0.1) is 0 Å². The van der Waals surface area contributed by atoms with Gasteiger partial charge in [-0.3, -0.25) is 0 Å². The van der Waals surface area contributed by atoms with Gasteiger partial charge < -0.3 is 0 Å². The van der Waals surface area contributed by atoms with Crippen LogP contribution in [-0.4, -0.2) is 0 Å². The van der Waals surface area contributed by atoms with Gasteiger partial charge >= 0.3 is 0 Å². The molecule has 0 saturated carbocycles. The Balaban J connectivity index is 3.29. The van der Waals surface area contributed by atoms with E-state index in [-0.39, 0.29) is 0 Å². The predicted octanol–water partition coefficient (Wildman–Crippen LogP) is 4.11. The van der Waals surface area contributed by atoms with Gasteiger partial charge in [-0.1, -0.05) is 50.2 Å². The fraction of sp³-hybridized carbons (Fsp3) is 0.273. The van der Waals surface area contributed by atoms with Gasteiger partial charge in [0.15, 0.2) is 0 Å². The summed E-state index contributed by atoms with van der Waals surface area (Å²) in [5.74, 6) is 0.451. The highest BCUT2D eigenvalue weighted by molar-refractivity contribution is 6.31. The van der Waals surface area contributed by atoms with E-state index in [0.717, 1.165) is 10.6 Å². The largest absolute Gasteiger partial charge is 0.0985 e. The summed E-state index contributed by atoms with van der Waals surface area (Å²) in [6.45, 7) is 8.02. The summed E-state index contributed by atoms with van der Waals surface area (Å²) < 4.78 is 0. The standard InChI is InChI=1S/C11H13Cl/c1-4-9-6-5-7-10(12)11(9)8(2)3/h4-8H,1H2,2-3H3. The van der Waals surface area contributed by atoms with Crippen LogP contribution in [0.4, 0.5) is 0 Å². The van der Waals surface area contributed by atoms with Crippen LogP contribution in [0.2, 0.25) is 5.02 Å². The van der Waals surface area contributed by atoms with Crippen LogP contribution in [0.1, 0.15) is 30.9 Å². The Labute approximate surface area is 78.9 Å². The lowest BCUT2D eigenvalue weighted by Crippen LogP contribution is -1.92. The molecule has 0 N–H and O–H groups in total. The highest BCUT2D eigenvalue weighted by Crippen LogP contribution is 2.28. The minimum absolute atomic E-state index is 0.451. The topological polar surface area (TPSA) is 0 Å². The Morgan fingerprint density at radius 1 is 1.42 bits per heavy atom.